The highest BCUT2D eigenvalue weighted by Gasteiger charge is 2.14. The number of carbonyl (C=O) groups is 1. The third kappa shape index (κ3) is 1.69. The number of fused-ring (bicyclic) bond motifs is 1. The summed E-state index contributed by atoms with van der Waals surface area (Å²) in [6, 6.07) is 7.52. The number of nitrogen functional groups attached to an aromatic ring is 1. The fourth-order valence-electron chi connectivity index (χ4n) is 1.55. The topological polar surface area (TPSA) is 65.2 Å². The lowest BCUT2D eigenvalue weighted by Crippen LogP contribution is -2.10. The van der Waals surface area contributed by atoms with E-state index < -0.39 is 5.97 Å². The number of rotatable bonds is 2. The normalized spacial score (nSPS) is 10.3. The quantitative estimate of drug-likeness (QED) is 0.780. The molecule has 0 aliphatic carbocycles. The molecule has 82 valence electrons. The van der Waals surface area contributed by atoms with E-state index >= 15 is 0 Å². The zero-order chi connectivity index (χ0) is 11.5. The molecule has 0 unspecified atom stereocenters. The van der Waals surface area contributed by atoms with Crippen LogP contribution in [0.1, 0.15) is 17.4 Å². The van der Waals surface area contributed by atoms with Crippen LogP contribution in [0.4, 0.5) is 5.69 Å². The molecule has 0 atom stereocenters. The third-order valence-corrected chi connectivity index (χ3v) is 2.31. The van der Waals surface area contributed by atoms with E-state index in [4.69, 9.17) is 10.5 Å². The molecule has 2 rings (SSSR count). The van der Waals surface area contributed by atoms with Crippen LogP contribution in [-0.2, 0) is 4.74 Å². The lowest BCUT2D eigenvalue weighted by atomic mass is 10.1. The van der Waals surface area contributed by atoms with Gasteiger partial charge in [-0.25, -0.2) is 9.78 Å². The van der Waals surface area contributed by atoms with E-state index in [1.807, 2.05) is 24.3 Å². The minimum atomic E-state index is -0.481. The third-order valence-electron chi connectivity index (χ3n) is 2.31. The predicted molar refractivity (Wildman–Crippen MR) is 62.1 cm³/mol. The number of benzene rings is 1. The molecule has 16 heavy (non-hydrogen) atoms. The molecule has 0 bridgehead atoms. The number of aromatic nitrogens is 1. The van der Waals surface area contributed by atoms with E-state index in [2.05, 4.69) is 4.98 Å². The highest BCUT2D eigenvalue weighted by Crippen LogP contribution is 2.22. The molecule has 2 N–H and O–H groups in total. The zero-order valence-electron chi connectivity index (χ0n) is 8.93. The maximum atomic E-state index is 11.5. The van der Waals surface area contributed by atoms with Crippen molar-refractivity contribution in [3.8, 4) is 0 Å². The molecule has 1 heterocycles. The molecule has 0 aliphatic rings. The van der Waals surface area contributed by atoms with Gasteiger partial charge in [0.05, 0.1) is 12.3 Å². The Bertz CT molecular complexity index is 538. The van der Waals surface area contributed by atoms with Crippen molar-refractivity contribution < 1.29 is 9.53 Å². The van der Waals surface area contributed by atoms with Crippen molar-refractivity contribution in [3.05, 3.63) is 36.2 Å². The van der Waals surface area contributed by atoms with Crippen LogP contribution in [0.2, 0.25) is 0 Å². The van der Waals surface area contributed by atoms with Crippen molar-refractivity contribution in [3.63, 3.8) is 0 Å². The molecule has 4 nitrogen and oxygen atoms in total. The first-order chi connectivity index (χ1) is 7.74. The van der Waals surface area contributed by atoms with Gasteiger partial charge in [-0.3, -0.25) is 0 Å². The van der Waals surface area contributed by atoms with Crippen LogP contribution in [0.5, 0.6) is 0 Å². The van der Waals surface area contributed by atoms with Gasteiger partial charge in [0, 0.05) is 17.0 Å². The smallest absolute Gasteiger partial charge is 0.359 e. The van der Waals surface area contributed by atoms with Crippen LogP contribution in [0.25, 0.3) is 10.8 Å². The number of nitrogens with zero attached hydrogens (tertiary/aromatic N) is 1. The van der Waals surface area contributed by atoms with Gasteiger partial charge in [-0.15, -0.1) is 0 Å². The molecule has 0 spiro atoms. The number of carbonyl (C=O) groups excluding carboxylic acids is 1. The minimum absolute atomic E-state index is 0.181. The summed E-state index contributed by atoms with van der Waals surface area (Å²) in [7, 11) is 0. The van der Waals surface area contributed by atoms with Crippen molar-refractivity contribution in [2.75, 3.05) is 12.3 Å². The van der Waals surface area contributed by atoms with Gasteiger partial charge in [0.1, 0.15) is 0 Å². The van der Waals surface area contributed by atoms with Gasteiger partial charge in [0.25, 0.3) is 0 Å². The predicted octanol–water partition coefficient (Wildman–Crippen LogP) is 1.99. The summed E-state index contributed by atoms with van der Waals surface area (Å²) in [5, 5.41) is 1.73. The summed E-state index contributed by atoms with van der Waals surface area (Å²) < 4.78 is 4.88. The van der Waals surface area contributed by atoms with Crippen LogP contribution in [-0.4, -0.2) is 17.6 Å². The van der Waals surface area contributed by atoms with Crippen molar-refractivity contribution >= 4 is 22.4 Å². The largest absolute Gasteiger partial charge is 0.461 e. The Balaban J connectivity index is 2.56. The summed E-state index contributed by atoms with van der Waals surface area (Å²) in [6.45, 7) is 2.06. The Kier molecular flexibility index (Phi) is 2.72. The number of nitrogens with two attached hydrogens (primary N) is 1. The van der Waals surface area contributed by atoms with Crippen molar-refractivity contribution in [2.24, 2.45) is 0 Å². The molecule has 0 amide bonds. The second-order valence-corrected chi connectivity index (χ2v) is 3.33. The average molecular weight is 216 g/mol. The summed E-state index contributed by atoms with van der Waals surface area (Å²) >= 11 is 0. The summed E-state index contributed by atoms with van der Waals surface area (Å²) in [5.41, 5.74) is 6.44. The van der Waals surface area contributed by atoms with E-state index in [1.165, 1.54) is 0 Å². The Morgan fingerprint density at radius 1 is 1.44 bits per heavy atom. The van der Waals surface area contributed by atoms with Gasteiger partial charge in [-0.2, -0.15) is 0 Å². The number of ether oxygens (including phenoxy) is 1. The fraction of sp³-hybridized carbons (Fsp3) is 0.167. The van der Waals surface area contributed by atoms with Gasteiger partial charge in [-0.05, 0) is 6.92 Å². The SMILES string of the molecule is CCOC(=O)c1ncc2ccccc2c1N. The first-order valence-electron chi connectivity index (χ1n) is 5.04. The lowest BCUT2D eigenvalue weighted by Gasteiger charge is -2.06. The number of anilines is 1. The zero-order valence-corrected chi connectivity index (χ0v) is 8.93. The van der Waals surface area contributed by atoms with Gasteiger partial charge >= 0.3 is 5.97 Å². The molecule has 0 aliphatic heterocycles. The number of esters is 1. The van der Waals surface area contributed by atoms with Crippen LogP contribution in [0.3, 0.4) is 0 Å². The van der Waals surface area contributed by atoms with Crippen LogP contribution in [0, 0.1) is 0 Å². The van der Waals surface area contributed by atoms with E-state index in [0.29, 0.717) is 12.3 Å². The molecule has 0 fully saturated rings. The number of hydrogen-bond acceptors (Lipinski definition) is 4. The molecule has 2 aromatic rings. The molecule has 4 heteroatoms. The summed E-state index contributed by atoms with van der Waals surface area (Å²) in [5.74, 6) is -0.481. The lowest BCUT2D eigenvalue weighted by molar-refractivity contribution is 0.0521. The fourth-order valence-corrected chi connectivity index (χ4v) is 1.55. The molecular weight excluding hydrogens is 204 g/mol. The number of pyridine rings is 1. The van der Waals surface area contributed by atoms with E-state index in [9.17, 15) is 4.79 Å². The maximum absolute atomic E-state index is 11.5. The first-order valence-corrected chi connectivity index (χ1v) is 5.04. The van der Waals surface area contributed by atoms with Crippen LogP contribution in [0.15, 0.2) is 30.5 Å². The van der Waals surface area contributed by atoms with Crippen molar-refractivity contribution in [1.29, 1.82) is 0 Å². The molecule has 0 radical (unpaired) electrons. The van der Waals surface area contributed by atoms with Gasteiger partial charge < -0.3 is 10.5 Å². The average Bonchev–Trinajstić information content (AvgIpc) is 2.30. The second-order valence-electron chi connectivity index (χ2n) is 3.33. The van der Waals surface area contributed by atoms with E-state index in [1.54, 1.807) is 13.1 Å². The van der Waals surface area contributed by atoms with E-state index in [0.717, 1.165) is 10.8 Å². The monoisotopic (exact) mass is 216 g/mol. The summed E-state index contributed by atoms with van der Waals surface area (Å²) in [6.07, 6.45) is 1.62. The van der Waals surface area contributed by atoms with Gasteiger partial charge in [0.2, 0.25) is 0 Å². The Morgan fingerprint density at radius 3 is 2.94 bits per heavy atom. The van der Waals surface area contributed by atoms with Gasteiger partial charge in [0.15, 0.2) is 5.69 Å². The molecule has 1 aromatic heterocycles. The molecular formula is C12H12N2O2. The second kappa shape index (κ2) is 4.18. The standard InChI is InChI=1S/C12H12N2O2/c1-2-16-12(15)11-10(13)9-6-4-3-5-8(9)7-14-11/h3-7H,2,13H2,1H3. The molecule has 0 saturated heterocycles. The maximum Gasteiger partial charge on any atom is 0.359 e. The number of hydrogen-bond donors (Lipinski definition) is 1. The van der Waals surface area contributed by atoms with Gasteiger partial charge in [-0.1, -0.05) is 24.3 Å². The minimum Gasteiger partial charge on any atom is -0.461 e. The van der Waals surface area contributed by atoms with Crippen LogP contribution >= 0.6 is 0 Å². The van der Waals surface area contributed by atoms with Crippen LogP contribution < -0.4 is 5.73 Å². The highest BCUT2D eigenvalue weighted by atomic mass is 16.5. The summed E-state index contributed by atoms with van der Waals surface area (Å²) in [4.78, 5) is 15.6. The van der Waals surface area contributed by atoms with E-state index in [-0.39, 0.29) is 5.69 Å². The van der Waals surface area contributed by atoms with Crippen molar-refractivity contribution in [1.82, 2.24) is 4.98 Å². The molecule has 0 saturated carbocycles. The molecule has 1 aromatic carbocycles. The highest BCUT2D eigenvalue weighted by molar-refractivity contribution is 6.03. The Labute approximate surface area is 93.0 Å². The Hall–Kier alpha value is -2.10. The first kappa shape index (κ1) is 10.4. The van der Waals surface area contributed by atoms with Crippen molar-refractivity contribution in [2.45, 2.75) is 6.92 Å². The Morgan fingerprint density at radius 2 is 2.19 bits per heavy atom.